The van der Waals surface area contributed by atoms with E-state index < -0.39 is 5.97 Å². The van der Waals surface area contributed by atoms with Gasteiger partial charge in [0.1, 0.15) is 5.82 Å². The number of rotatable bonds is 2. The Morgan fingerprint density at radius 2 is 2.35 bits per heavy atom. The minimum absolute atomic E-state index is 0.110. The number of nitrogens with zero attached hydrogens (tertiary/aromatic N) is 4. The van der Waals surface area contributed by atoms with Gasteiger partial charge in [0, 0.05) is 30.9 Å². The van der Waals surface area contributed by atoms with Crippen molar-refractivity contribution in [2.24, 2.45) is 0 Å². The lowest BCUT2D eigenvalue weighted by atomic mass is 10.4. The van der Waals surface area contributed by atoms with Gasteiger partial charge in [-0.3, -0.25) is 0 Å². The largest absolute Gasteiger partial charge is 0.476 e. The molecule has 88 valence electrons. The molecule has 1 aliphatic rings. The Hall–Kier alpha value is -1.89. The van der Waals surface area contributed by atoms with Crippen molar-refractivity contribution >= 4 is 22.4 Å². The number of anilines is 1. The minimum Gasteiger partial charge on any atom is -0.476 e. The van der Waals surface area contributed by atoms with Crippen LogP contribution in [0.2, 0.25) is 0 Å². The van der Waals surface area contributed by atoms with Crippen LogP contribution in [0, 0.1) is 0 Å². The average molecular weight is 250 g/mol. The highest BCUT2D eigenvalue weighted by Gasteiger charge is 2.20. The standard InChI is InChI=1S/C10H10N4O2S/c15-9(16)7-6-17-10(12-7)14-4-3-13-2-1-11-8(13)5-14/h1-2,6H,3-5H2,(H,15,16). The molecule has 7 heteroatoms. The molecule has 0 spiro atoms. The van der Waals surface area contributed by atoms with E-state index in [9.17, 15) is 4.79 Å². The molecular weight excluding hydrogens is 240 g/mol. The Balaban J connectivity index is 1.84. The van der Waals surface area contributed by atoms with Crippen LogP contribution < -0.4 is 4.90 Å². The van der Waals surface area contributed by atoms with E-state index in [2.05, 4.69) is 19.4 Å². The molecule has 0 bridgehead atoms. The first kappa shape index (κ1) is 10.3. The summed E-state index contributed by atoms with van der Waals surface area (Å²) >= 11 is 1.36. The maximum absolute atomic E-state index is 10.8. The summed E-state index contributed by atoms with van der Waals surface area (Å²) in [6.07, 6.45) is 3.74. The molecule has 1 N–H and O–H groups in total. The molecule has 3 heterocycles. The highest BCUT2D eigenvalue weighted by atomic mass is 32.1. The van der Waals surface area contributed by atoms with E-state index in [4.69, 9.17) is 5.11 Å². The Kier molecular flexibility index (Phi) is 2.32. The lowest BCUT2D eigenvalue weighted by Crippen LogP contribution is -2.33. The first-order valence-corrected chi connectivity index (χ1v) is 6.06. The lowest BCUT2D eigenvalue weighted by molar-refractivity contribution is 0.0691. The molecular formula is C10H10N4O2S. The topological polar surface area (TPSA) is 71.2 Å². The van der Waals surface area contributed by atoms with Gasteiger partial charge < -0.3 is 14.6 Å². The zero-order chi connectivity index (χ0) is 11.8. The predicted molar refractivity (Wildman–Crippen MR) is 62.4 cm³/mol. The molecule has 0 fully saturated rings. The Morgan fingerprint density at radius 1 is 1.47 bits per heavy atom. The zero-order valence-electron chi connectivity index (χ0n) is 8.91. The van der Waals surface area contributed by atoms with Crippen LogP contribution in [0.3, 0.4) is 0 Å². The predicted octanol–water partition coefficient (Wildman–Crippen LogP) is 1.06. The van der Waals surface area contributed by atoms with Crippen molar-refractivity contribution in [3.63, 3.8) is 0 Å². The maximum Gasteiger partial charge on any atom is 0.355 e. The molecule has 2 aromatic rings. The number of hydrogen-bond acceptors (Lipinski definition) is 5. The molecule has 6 nitrogen and oxygen atoms in total. The molecule has 1 aliphatic heterocycles. The second-order valence-corrected chi connectivity index (χ2v) is 4.62. The van der Waals surface area contributed by atoms with Crippen LogP contribution in [0.25, 0.3) is 0 Å². The molecule has 0 amide bonds. The Labute approximate surface area is 101 Å². The third-order valence-corrected chi connectivity index (χ3v) is 3.63. The van der Waals surface area contributed by atoms with Crippen LogP contribution in [0.15, 0.2) is 17.8 Å². The first-order chi connectivity index (χ1) is 8.24. The van der Waals surface area contributed by atoms with Gasteiger partial charge in [0.05, 0.1) is 6.54 Å². The summed E-state index contributed by atoms with van der Waals surface area (Å²) in [5.74, 6) is 0.00864. The summed E-state index contributed by atoms with van der Waals surface area (Å²) in [6.45, 7) is 2.37. The van der Waals surface area contributed by atoms with Crippen molar-refractivity contribution in [2.45, 2.75) is 13.1 Å². The van der Waals surface area contributed by atoms with Crippen molar-refractivity contribution in [1.29, 1.82) is 0 Å². The number of thiazole rings is 1. The average Bonchev–Trinajstić information content (AvgIpc) is 2.97. The quantitative estimate of drug-likeness (QED) is 0.862. The van der Waals surface area contributed by atoms with Gasteiger partial charge >= 0.3 is 5.97 Å². The van der Waals surface area contributed by atoms with Gasteiger partial charge in [-0.15, -0.1) is 11.3 Å². The van der Waals surface area contributed by atoms with E-state index in [1.165, 1.54) is 11.3 Å². The highest BCUT2D eigenvalue weighted by molar-refractivity contribution is 7.13. The van der Waals surface area contributed by atoms with Gasteiger partial charge in [-0.1, -0.05) is 0 Å². The second-order valence-electron chi connectivity index (χ2n) is 3.78. The fraction of sp³-hybridized carbons (Fsp3) is 0.300. The summed E-state index contributed by atoms with van der Waals surface area (Å²) in [6, 6.07) is 0. The van der Waals surface area contributed by atoms with Crippen LogP contribution in [0.1, 0.15) is 16.3 Å². The molecule has 3 rings (SSSR count). The van der Waals surface area contributed by atoms with Gasteiger partial charge in [-0.05, 0) is 0 Å². The summed E-state index contributed by atoms with van der Waals surface area (Å²) in [5, 5.41) is 11.1. The molecule has 0 radical (unpaired) electrons. The molecule has 0 saturated heterocycles. The van der Waals surface area contributed by atoms with Gasteiger partial charge in [0.25, 0.3) is 0 Å². The van der Waals surface area contributed by atoms with Crippen molar-refractivity contribution < 1.29 is 9.90 Å². The van der Waals surface area contributed by atoms with Gasteiger partial charge in [-0.25, -0.2) is 14.8 Å². The number of carbonyl (C=O) groups is 1. The Bertz CT molecular complexity index is 562. The lowest BCUT2D eigenvalue weighted by Gasteiger charge is -2.26. The molecule has 0 atom stereocenters. The summed E-state index contributed by atoms with van der Waals surface area (Å²) < 4.78 is 2.10. The molecule has 0 saturated carbocycles. The van der Waals surface area contributed by atoms with Gasteiger partial charge in [-0.2, -0.15) is 0 Å². The normalized spacial score (nSPS) is 14.7. The fourth-order valence-electron chi connectivity index (χ4n) is 1.84. The maximum atomic E-state index is 10.8. The van der Waals surface area contributed by atoms with Gasteiger partial charge in [0.15, 0.2) is 10.8 Å². The van der Waals surface area contributed by atoms with E-state index in [1.807, 2.05) is 6.20 Å². The molecule has 0 unspecified atom stereocenters. The van der Waals surface area contributed by atoms with Crippen LogP contribution in [0.5, 0.6) is 0 Å². The van der Waals surface area contributed by atoms with Crippen molar-refractivity contribution in [3.05, 3.63) is 29.3 Å². The van der Waals surface area contributed by atoms with Crippen LogP contribution in [0.4, 0.5) is 5.13 Å². The number of imidazole rings is 1. The SMILES string of the molecule is O=C(O)c1csc(N2CCn3ccnc3C2)n1. The number of fused-ring (bicyclic) bond motifs is 1. The third-order valence-electron chi connectivity index (χ3n) is 2.73. The van der Waals surface area contributed by atoms with E-state index in [1.54, 1.807) is 11.6 Å². The Morgan fingerprint density at radius 3 is 3.12 bits per heavy atom. The summed E-state index contributed by atoms with van der Waals surface area (Å²) in [7, 11) is 0. The van der Waals surface area contributed by atoms with Crippen LogP contribution in [-0.2, 0) is 13.1 Å². The van der Waals surface area contributed by atoms with E-state index >= 15 is 0 Å². The smallest absolute Gasteiger partial charge is 0.355 e. The summed E-state index contributed by atoms with van der Waals surface area (Å²) in [5.41, 5.74) is 0.110. The molecule has 2 aromatic heterocycles. The number of aromatic nitrogens is 3. The van der Waals surface area contributed by atoms with Crippen molar-refractivity contribution in [1.82, 2.24) is 14.5 Å². The first-order valence-electron chi connectivity index (χ1n) is 5.18. The zero-order valence-corrected chi connectivity index (χ0v) is 9.72. The third kappa shape index (κ3) is 1.78. The summed E-state index contributed by atoms with van der Waals surface area (Å²) in [4.78, 5) is 21.2. The second kappa shape index (κ2) is 3.85. The fourth-order valence-corrected chi connectivity index (χ4v) is 2.67. The number of carboxylic acid groups (broad SMARTS) is 1. The van der Waals surface area contributed by atoms with E-state index in [-0.39, 0.29) is 5.69 Å². The van der Waals surface area contributed by atoms with Crippen molar-refractivity contribution in [2.75, 3.05) is 11.4 Å². The van der Waals surface area contributed by atoms with E-state index in [0.717, 1.165) is 24.0 Å². The minimum atomic E-state index is -0.981. The van der Waals surface area contributed by atoms with Crippen molar-refractivity contribution in [3.8, 4) is 0 Å². The number of carboxylic acids is 1. The number of aromatic carboxylic acids is 1. The monoisotopic (exact) mass is 250 g/mol. The highest BCUT2D eigenvalue weighted by Crippen LogP contribution is 2.24. The molecule has 0 aromatic carbocycles. The molecule has 17 heavy (non-hydrogen) atoms. The molecule has 0 aliphatic carbocycles. The van der Waals surface area contributed by atoms with Crippen LogP contribution in [-0.4, -0.2) is 32.2 Å². The number of hydrogen-bond donors (Lipinski definition) is 1. The van der Waals surface area contributed by atoms with Crippen LogP contribution >= 0.6 is 11.3 Å². The van der Waals surface area contributed by atoms with Gasteiger partial charge in [0.2, 0.25) is 0 Å². The van der Waals surface area contributed by atoms with E-state index in [0.29, 0.717) is 6.54 Å².